The number of para-hydroxylation sites is 1. The van der Waals surface area contributed by atoms with Crippen LogP contribution >= 0.6 is 0 Å². The Hall–Kier alpha value is -3.17. The number of hydrogen-bond donors (Lipinski definition) is 2. The Kier molecular flexibility index (Phi) is 4.86. The summed E-state index contributed by atoms with van der Waals surface area (Å²) in [5.74, 6) is 0.132. The van der Waals surface area contributed by atoms with Gasteiger partial charge in [0.1, 0.15) is 6.54 Å². The summed E-state index contributed by atoms with van der Waals surface area (Å²) >= 11 is 0. The number of ketones is 1. The van der Waals surface area contributed by atoms with Gasteiger partial charge >= 0.3 is 0 Å². The molecule has 1 atom stereocenters. The number of fused-ring (bicyclic) bond motifs is 1. The van der Waals surface area contributed by atoms with Crippen LogP contribution in [0.25, 0.3) is 10.9 Å². The maximum atomic E-state index is 13.5. The molecule has 0 saturated heterocycles. The van der Waals surface area contributed by atoms with E-state index in [1.165, 1.54) is 11.1 Å². The topological polar surface area (TPSA) is 49.5 Å². The maximum absolute atomic E-state index is 13.5. The van der Waals surface area contributed by atoms with Crippen molar-refractivity contribution in [3.63, 3.8) is 0 Å². The number of hydrogen-bond acceptors (Lipinski definition) is 1. The van der Waals surface area contributed by atoms with Crippen molar-refractivity contribution < 1.29 is 10.1 Å². The van der Waals surface area contributed by atoms with Gasteiger partial charge in [-0.3, -0.25) is 4.79 Å². The predicted octanol–water partition coefficient (Wildman–Crippen LogP) is 4.16. The van der Waals surface area contributed by atoms with Crippen molar-refractivity contribution in [3.8, 4) is 0 Å². The summed E-state index contributed by atoms with van der Waals surface area (Å²) in [5, 5.41) is 3.12. The van der Waals surface area contributed by atoms with E-state index >= 15 is 0 Å². The molecule has 0 saturated carbocycles. The van der Waals surface area contributed by atoms with Crippen LogP contribution in [-0.4, -0.2) is 10.8 Å². The van der Waals surface area contributed by atoms with Crippen molar-refractivity contribution in [2.24, 2.45) is 0 Å². The maximum Gasteiger partial charge on any atom is 0.226 e. The van der Waals surface area contributed by atoms with Gasteiger partial charge in [0, 0.05) is 33.8 Å². The fourth-order valence-corrected chi connectivity index (χ4v) is 3.58. The highest BCUT2D eigenvalue weighted by Gasteiger charge is 2.27. The molecule has 0 bridgehead atoms. The first-order valence-corrected chi connectivity index (χ1v) is 9.27. The Labute approximate surface area is 159 Å². The predicted molar refractivity (Wildman–Crippen MR) is 109 cm³/mol. The highest BCUT2D eigenvalue weighted by atomic mass is 16.1. The van der Waals surface area contributed by atoms with Gasteiger partial charge in [0.05, 0.1) is 0 Å². The lowest BCUT2D eigenvalue weighted by Crippen LogP contribution is -2.85. The molecule has 0 aliphatic rings. The number of quaternary nitrogens is 1. The second kappa shape index (κ2) is 7.60. The number of benzene rings is 3. The molecule has 3 heteroatoms. The van der Waals surface area contributed by atoms with Gasteiger partial charge in [0.25, 0.3) is 0 Å². The van der Waals surface area contributed by atoms with E-state index in [9.17, 15) is 4.79 Å². The normalized spacial score (nSPS) is 12.2. The zero-order valence-corrected chi connectivity index (χ0v) is 15.4. The summed E-state index contributed by atoms with van der Waals surface area (Å²) in [4.78, 5) is 16.7. The summed E-state index contributed by atoms with van der Waals surface area (Å²) < 4.78 is 0. The largest absolute Gasteiger partial charge is 0.360 e. The molecular formula is C24H23N2O+. The zero-order chi connectivity index (χ0) is 18.6. The van der Waals surface area contributed by atoms with Crippen molar-refractivity contribution in [2.45, 2.75) is 19.5 Å². The average Bonchev–Trinajstić information content (AvgIpc) is 3.14. The summed E-state index contributed by atoms with van der Waals surface area (Å²) in [7, 11) is 0. The molecule has 0 unspecified atom stereocenters. The Morgan fingerprint density at radius 2 is 1.63 bits per heavy atom. The molecule has 134 valence electrons. The standard InChI is InChI=1S/C24H22N2O/c1-17-9-5-6-12-19(17)15-26-23(18-10-3-2-4-11-18)24(27)21-16-25-22-14-8-7-13-20(21)22/h2-14,16,23,25-26H,15H2,1H3/p+1/t23-/m0/s1. The number of carbonyl (C=O) groups excluding carboxylic acids is 1. The lowest BCUT2D eigenvalue weighted by Gasteiger charge is -2.16. The Balaban J connectivity index is 1.68. The molecule has 0 aliphatic carbocycles. The van der Waals surface area contributed by atoms with E-state index < -0.39 is 0 Å². The van der Waals surface area contributed by atoms with Crippen LogP contribution < -0.4 is 5.32 Å². The second-order valence-electron chi connectivity index (χ2n) is 6.87. The summed E-state index contributed by atoms with van der Waals surface area (Å²) in [5.41, 5.74) is 5.28. The molecule has 3 aromatic carbocycles. The van der Waals surface area contributed by atoms with Crippen LogP contribution in [0.15, 0.2) is 85.1 Å². The van der Waals surface area contributed by atoms with Gasteiger partial charge in [-0.15, -0.1) is 0 Å². The first-order valence-electron chi connectivity index (χ1n) is 9.27. The van der Waals surface area contributed by atoms with E-state index in [-0.39, 0.29) is 11.8 Å². The number of H-pyrrole nitrogens is 1. The summed E-state index contributed by atoms with van der Waals surface area (Å²) in [6.45, 7) is 2.88. The van der Waals surface area contributed by atoms with Crippen molar-refractivity contribution >= 4 is 16.7 Å². The van der Waals surface area contributed by atoms with Gasteiger partial charge in [0.2, 0.25) is 5.78 Å². The highest BCUT2D eigenvalue weighted by Crippen LogP contribution is 2.23. The number of rotatable bonds is 6. The molecule has 3 nitrogen and oxygen atoms in total. The van der Waals surface area contributed by atoms with Crippen LogP contribution in [0.3, 0.4) is 0 Å². The average molecular weight is 355 g/mol. The van der Waals surface area contributed by atoms with Crippen LogP contribution in [0.4, 0.5) is 0 Å². The van der Waals surface area contributed by atoms with Gasteiger partial charge in [-0.05, 0) is 18.6 Å². The van der Waals surface area contributed by atoms with E-state index in [1.807, 2.05) is 66.9 Å². The molecule has 27 heavy (non-hydrogen) atoms. The molecule has 0 spiro atoms. The first kappa shape index (κ1) is 17.3. The third-order valence-corrected chi connectivity index (χ3v) is 5.13. The smallest absolute Gasteiger partial charge is 0.226 e. The van der Waals surface area contributed by atoms with E-state index in [0.717, 1.165) is 28.6 Å². The minimum absolute atomic E-state index is 0.132. The number of nitrogens with one attached hydrogen (secondary N) is 1. The molecule has 4 rings (SSSR count). The Bertz CT molecular complexity index is 1070. The molecule has 4 aromatic rings. The van der Waals surface area contributed by atoms with E-state index in [0.29, 0.717) is 0 Å². The number of aryl methyl sites for hydroxylation is 1. The minimum atomic E-state index is -0.273. The van der Waals surface area contributed by atoms with Crippen LogP contribution in [0.1, 0.15) is 33.1 Å². The Morgan fingerprint density at radius 3 is 2.44 bits per heavy atom. The number of Topliss-reactive ketones (excluding diaryl/α,β-unsaturated/α-hetero) is 1. The van der Waals surface area contributed by atoms with Gasteiger partial charge in [0.15, 0.2) is 6.04 Å². The SMILES string of the molecule is Cc1ccccc1C[NH2+][C@H](C(=O)c1c[nH]c2ccccc12)c1ccccc1. The van der Waals surface area contributed by atoms with Crippen LogP contribution in [0, 0.1) is 6.92 Å². The van der Waals surface area contributed by atoms with Crippen molar-refractivity contribution in [3.05, 3.63) is 107 Å². The van der Waals surface area contributed by atoms with Crippen molar-refractivity contribution in [2.75, 3.05) is 0 Å². The number of aromatic amines is 1. The molecule has 1 heterocycles. The zero-order valence-electron chi connectivity index (χ0n) is 15.4. The number of aromatic nitrogens is 1. The molecular weight excluding hydrogens is 332 g/mol. The van der Waals surface area contributed by atoms with Crippen molar-refractivity contribution in [1.29, 1.82) is 0 Å². The van der Waals surface area contributed by atoms with Gasteiger partial charge < -0.3 is 10.3 Å². The van der Waals surface area contributed by atoms with E-state index in [4.69, 9.17) is 0 Å². The second-order valence-corrected chi connectivity index (χ2v) is 6.87. The molecule has 3 N–H and O–H groups in total. The van der Waals surface area contributed by atoms with Crippen LogP contribution in [0.5, 0.6) is 0 Å². The fraction of sp³-hybridized carbons (Fsp3) is 0.125. The quantitative estimate of drug-likeness (QED) is 0.501. The highest BCUT2D eigenvalue weighted by molar-refractivity contribution is 6.09. The first-order chi connectivity index (χ1) is 13.2. The third kappa shape index (κ3) is 3.55. The third-order valence-electron chi connectivity index (χ3n) is 5.13. The number of nitrogens with two attached hydrogens (primary N) is 1. The molecule has 1 aromatic heterocycles. The summed E-state index contributed by atoms with van der Waals surface area (Å²) in [6, 6.07) is 26.1. The number of carbonyl (C=O) groups is 1. The molecule has 0 fully saturated rings. The lowest BCUT2D eigenvalue weighted by atomic mass is 9.96. The lowest BCUT2D eigenvalue weighted by molar-refractivity contribution is -0.697. The van der Waals surface area contributed by atoms with Gasteiger partial charge in [-0.2, -0.15) is 0 Å². The van der Waals surface area contributed by atoms with E-state index in [2.05, 4.69) is 35.4 Å². The summed E-state index contributed by atoms with van der Waals surface area (Å²) in [6.07, 6.45) is 1.84. The van der Waals surface area contributed by atoms with E-state index in [1.54, 1.807) is 0 Å². The molecule has 0 aliphatic heterocycles. The fourth-order valence-electron chi connectivity index (χ4n) is 3.58. The minimum Gasteiger partial charge on any atom is -0.360 e. The van der Waals surface area contributed by atoms with Gasteiger partial charge in [-0.25, -0.2) is 0 Å². The van der Waals surface area contributed by atoms with Crippen LogP contribution in [-0.2, 0) is 6.54 Å². The molecule has 0 amide bonds. The van der Waals surface area contributed by atoms with Crippen molar-refractivity contribution in [1.82, 2.24) is 4.98 Å². The monoisotopic (exact) mass is 355 g/mol. The molecule has 0 radical (unpaired) electrons. The Morgan fingerprint density at radius 1 is 0.926 bits per heavy atom. The van der Waals surface area contributed by atoms with Gasteiger partial charge in [-0.1, -0.05) is 72.8 Å². The van der Waals surface area contributed by atoms with Crippen LogP contribution in [0.2, 0.25) is 0 Å².